The normalized spacial score (nSPS) is 11.3. The van der Waals surface area contributed by atoms with Crippen molar-refractivity contribution in [2.75, 3.05) is 11.1 Å². The SMILES string of the molecule is Cc1cc(NC(=O)CSc2n[nH]c(/C=C/c3ccc(C)o3)n2)n(-c2ccccc2)n1. The van der Waals surface area contributed by atoms with Gasteiger partial charge in [-0.15, -0.1) is 5.10 Å². The summed E-state index contributed by atoms with van der Waals surface area (Å²) in [6.07, 6.45) is 3.58. The number of H-pyrrole nitrogens is 1. The fourth-order valence-corrected chi connectivity index (χ4v) is 3.37. The molecule has 0 bridgehead atoms. The third kappa shape index (κ3) is 4.87. The lowest BCUT2D eigenvalue weighted by molar-refractivity contribution is -0.113. The number of aryl methyl sites for hydroxylation is 2. The summed E-state index contributed by atoms with van der Waals surface area (Å²) in [5, 5.41) is 14.8. The molecule has 0 atom stereocenters. The number of aromatic nitrogens is 5. The van der Waals surface area contributed by atoms with Crippen LogP contribution in [0.15, 0.2) is 58.1 Å². The highest BCUT2D eigenvalue weighted by Crippen LogP contribution is 2.19. The molecule has 0 aliphatic rings. The molecule has 2 N–H and O–H groups in total. The number of carbonyl (C=O) groups excluding carboxylic acids is 1. The van der Waals surface area contributed by atoms with Crippen LogP contribution >= 0.6 is 11.8 Å². The Balaban J connectivity index is 1.35. The van der Waals surface area contributed by atoms with Crippen LogP contribution < -0.4 is 5.32 Å². The van der Waals surface area contributed by atoms with Crippen LogP contribution in [0.2, 0.25) is 0 Å². The number of carbonyl (C=O) groups is 1. The van der Waals surface area contributed by atoms with E-state index in [0.717, 1.165) is 22.9 Å². The van der Waals surface area contributed by atoms with Crippen LogP contribution in [0.25, 0.3) is 17.8 Å². The van der Waals surface area contributed by atoms with E-state index in [1.807, 2.05) is 68.5 Å². The van der Waals surface area contributed by atoms with Crippen molar-refractivity contribution in [1.29, 1.82) is 0 Å². The first-order chi connectivity index (χ1) is 14.6. The Hall–Kier alpha value is -3.59. The van der Waals surface area contributed by atoms with Crippen LogP contribution in [0.3, 0.4) is 0 Å². The zero-order valence-corrected chi connectivity index (χ0v) is 17.3. The molecule has 0 saturated carbocycles. The van der Waals surface area contributed by atoms with Gasteiger partial charge in [0.05, 0.1) is 17.1 Å². The van der Waals surface area contributed by atoms with Crippen molar-refractivity contribution < 1.29 is 9.21 Å². The number of aromatic amines is 1. The molecule has 9 heteroatoms. The number of amides is 1. The number of hydrogen-bond donors (Lipinski definition) is 2. The van der Waals surface area contributed by atoms with Gasteiger partial charge in [-0.2, -0.15) is 5.10 Å². The fourth-order valence-electron chi connectivity index (χ4n) is 2.76. The molecular formula is C21H20N6O2S. The van der Waals surface area contributed by atoms with Gasteiger partial charge in [-0.05, 0) is 50.3 Å². The number of benzene rings is 1. The maximum atomic E-state index is 12.4. The zero-order chi connectivity index (χ0) is 20.9. The molecule has 152 valence electrons. The maximum Gasteiger partial charge on any atom is 0.236 e. The van der Waals surface area contributed by atoms with Gasteiger partial charge >= 0.3 is 0 Å². The largest absolute Gasteiger partial charge is 0.462 e. The van der Waals surface area contributed by atoms with Crippen molar-refractivity contribution in [1.82, 2.24) is 25.0 Å². The molecule has 0 spiro atoms. The summed E-state index contributed by atoms with van der Waals surface area (Å²) in [7, 11) is 0. The van der Waals surface area contributed by atoms with Crippen molar-refractivity contribution in [2.45, 2.75) is 19.0 Å². The number of hydrogen-bond acceptors (Lipinski definition) is 6. The smallest absolute Gasteiger partial charge is 0.236 e. The second kappa shape index (κ2) is 8.83. The summed E-state index contributed by atoms with van der Waals surface area (Å²) < 4.78 is 7.19. The Labute approximate surface area is 177 Å². The van der Waals surface area contributed by atoms with Crippen molar-refractivity contribution in [3.63, 3.8) is 0 Å². The lowest BCUT2D eigenvalue weighted by Crippen LogP contribution is -2.17. The molecule has 0 fully saturated rings. The van der Waals surface area contributed by atoms with Gasteiger partial charge in [0.25, 0.3) is 0 Å². The predicted octanol–water partition coefficient (Wildman–Crippen LogP) is 4.10. The van der Waals surface area contributed by atoms with Crippen LogP contribution in [0, 0.1) is 13.8 Å². The molecule has 30 heavy (non-hydrogen) atoms. The molecule has 3 aromatic heterocycles. The predicted molar refractivity (Wildman–Crippen MR) is 116 cm³/mol. The molecular weight excluding hydrogens is 400 g/mol. The second-order valence-electron chi connectivity index (χ2n) is 6.54. The van der Waals surface area contributed by atoms with E-state index >= 15 is 0 Å². The Morgan fingerprint density at radius 1 is 1.20 bits per heavy atom. The molecule has 0 aliphatic heterocycles. The first-order valence-electron chi connectivity index (χ1n) is 9.28. The maximum absolute atomic E-state index is 12.4. The van der Waals surface area contributed by atoms with Crippen LogP contribution in [0.1, 0.15) is 23.0 Å². The van der Waals surface area contributed by atoms with Crippen LogP contribution in [0.4, 0.5) is 5.82 Å². The molecule has 0 radical (unpaired) electrons. The highest BCUT2D eigenvalue weighted by atomic mass is 32.2. The van der Waals surface area contributed by atoms with Gasteiger partial charge in [0.15, 0.2) is 0 Å². The third-order valence-corrected chi connectivity index (χ3v) is 4.93. The standard InChI is InChI=1S/C21H20N6O2S/c1-14-12-19(27(26-14)16-6-4-3-5-7-16)23-20(28)13-30-21-22-18(24-25-21)11-10-17-9-8-15(2)29-17/h3-12H,13H2,1-2H3,(H,23,28)(H,22,24,25)/b11-10+. The first kappa shape index (κ1) is 19.7. The van der Waals surface area contributed by atoms with Gasteiger partial charge in [-0.3, -0.25) is 9.89 Å². The van der Waals surface area contributed by atoms with Crippen LogP contribution in [0.5, 0.6) is 0 Å². The van der Waals surface area contributed by atoms with Crippen molar-refractivity contribution >= 4 is 35.6 Å². The molecule has 0 saturated heterocycles. The second-order valence-corrected chi connectivity index (χ2v) is 7.48. The van der Waals surface area contributed by atoms with Crippen LogP contribution in [-0.2, 0) is 4.79 Å². The first-order valence-corrected chi connectivity index (χ1v) is 10.3. The number of rotatable bonds is 7. The monoisotopic (exact) mass is 420 g/mol. The highest BCUT2D eigenvalue weighted by Gasteiger charge is 2.12. The molecule has 1 aromatic carbocycles. The molecule has 3 heterocycles. The Kier molecular flexibility index (Phi) is 5.80. The average molecular weight is 420 g/mol. The molecule has 0 aliphatic carbocycles. The van der Waals surface area contributed by atoms with E-state index in [-0.39, 0.29) is 11.7 Å². The highest BCUT2D eigenvalue weighted by molar-refractivity contribution is 7.99. The van der Waals surface area contributed by atoms with E-state index in [0.29, 0.717) is 16.8 Å². The average Bonchev–Trinajstić information content (AvgIpc) is 3.46. The minimum absolute atomic E-state index is 0.162. The van der Waals surface area contributed by atoms with E-state index in [1.54, 1.807) is 10.8 Å². The Morgan fingerprint density at radius 2 is 2.03 bits per heavy atom. The Bertz CT molecular complexity index is 1180. The number of anilines is 1. The lowest BCUT2D eigenvalue weighted by Gasteiger charge is -2.08. The van der Waals surface area contributed by atoms with Gasteiger partial charge in [0, 0.05) is 6.07 Å². The quantitative estimate of drug-likeness (QED) is 0.437. The number of para-hydroxylation sites is 1. The van der Waals surface area contributed by atoms with E-state index in [2.05, 4.69) is 25.6 Å². The van der Waals surface area contributed by atoms with E-state index in [4.69, 9.17) is 4.42 Å². The van der Waals surface area contributed by atoms with Gasteiger partial charge in [0.2, 0.25) is 11.1 Å². The van der Waals surface area contributed by atoms with E-state index in [1.165, 1.54) is 11.8 Å². The van der Waals surface area contributed by atoms with Crippen LogP contribution in [-0.4, -0.2) is 36.6 Å². The summed E-state index contributed by atoms with van der Waals surface area (Å²) in [5.41, 5.74) is 1.70. The summed E-state index contributed by atoms with van der Waals surface area (Å²) in [4.78, 5) is 16.8. The van der Waals surface area contributed by atoms with Gasteiger partial charge in [0.1, 0.15) is 23.2 Å². The number of furan rings is 1. The topological polar surface area (TPSA) is 102 Å². The summed E-state index contributed by atoms with van der Waals surface area (Å²) in [6, 6.07) is 15.3. The van der Waals surface area contributed by atoms with E-state index in [9.17, 15) is 4.79 Å². The van der Waals surface area contributed by atoms with Gasteiger partial charge in [-0.1, -0.05) is 30.0 Å². The number of nitrogens with one attached hydrogen (secondary N) is 2. The number of nitrogens with zero attached hydrogens (tertiary/aromatic N) is 4. The summed E-state index contributed by atoms with van der Waals surface area (Å²) >= 11 is 1.25. The molecule has 1 amide bonds. The lowest BCUT2D eigenvalue weighted by atomic mass is 10.3. The van der Waals surface area contributed by atoms with E-state index < -0.39 is 0 Å². The molecule has 4 rings (SSSR count). The summed E-state index contributed by atoms with van der Waals surface area (Å²) in [6.45, 7) is 3.77. The third-order valence-electron chi connectivity index (χ3n) is 4.08. The van der Waals surface area contributed by atoms with Crippen molar-refractivity contribution in [3.05, 3.63) is 71.6 Å². The number of thioether (sulfide) groups is 1. The van der Waals surface area contributed by atoms with Gasteiger partial charge < -0.3 is 9.73 Å². The zero-order valence-electron chi connectivity index (χ0n) is 16.5. The fraction of sp³-hybridized carbons (Fsp3) is 0.143. The Morgan fingerprint density at radius 3 is 2.80 bits per heavy atom. The van der Waals surface area contributed by atoms with Crippen molar-refractivity contribution in [2.24, 2.45) is 0 Å². The van der Waals surface area contributed by atoms with Crippen molar-refractivity contribution in [3.8, 4) is 5.69 Å². The van der Waals surface area contributed by atoms with Gasteiger partial charge in [-0.25, -0.2) is 9.67 Å². The minimum Gasteiger partial charge on any atom is -0.462 e. The molecule has 4 aromatic rings. The molecule has 8 nitrogen and oxygen atoms in total. The molecule has 0 unspecified atom stereocenters. The summed E-state index contributed by atoms with van der Waals surface area (Å²) in [5.74, 6) is 2.81. The minimum atomic E-state index is -0.162.